The van der Waals surface area contributed by atoms with Crippen molar-refractivity contribution in [3.8, 4) is 140 Å². The van der Waals surface area contributed by atoms with Crippen LogP contribution >= 0.6 is 34.0 Å². The second-order valence-electron chi connectivity index (χ2n) is 35.1. The number of nitrogens with one attached hydrogen (secondary N) is 1. The second kappa shape index (κ2) is 41.9. The molecule has 143 heavy (non-hydrogen) atoms. The van der Waals surface area contributed by atoms with Crippen LogP contribution in [0.1, 0.15) is 64.6 Å². The Balaban J connectivity index is 0.000000114. The molecule has 24 heteroatoms. The van der Waals surface area contributed by atoms with Crippen LogP contribution in [0.4, 0.5) is 13.2 Å². The van der Waals surface area contributed by atoms with Gasteiger partial charge in [0.25, 0.3) is 11.1 Å². The number of phenols is 1. The highest BCUT2D eigenvalue weighted by atomic mass is 32.1. The van der Waals surface area contributed by atoms with Crippen molar-refractivity contribution in [1.82, 2.24) is 59.0 Å². The number of Topliss-reactive ketones (excluding diaryl/α,β-unsaturated/α-hetero) is 1. The number of hydrogen-bond acceptors (Lipinski definition) is 19. The molecule has 12 aromatic carbocycles. The van der Waals surface area contributed by atoms with Gasteiger partial charge >= 0.3 is 0 Å². The molecule has 10 aromatic heterocycles. The Morgan fingerprint density at radius 1 is 0.392 bits per heavy atom. The Bertz CT molecular complexity index is 8850. The van der Waals surface area contributed by atoms with Crippen LogP contribution in [0, 0.1) is 50.6 Å². The molecule has 0 aliphatic heterocycles. The van der Waals surface area contributed by atoms with Gasteiger partial charge in [-0.2, -0.15) is 0 Å². The third kappa shape index (κ3) is 21.1. The van der Waals surface area contributed by atoms with E-state index >= 15 is 0 Å². The molecular formula is C119H91F3N14O4S3. The largest absolute Gasteiger partial charge is 0.508 e. The maximum Gasteiger partial charge on any atom is 0.260 e. The van der Waals surface area contributed by atoms with Gasteiger partial charge in [0.05, 0.1) is 110 Å². The topological polar surface area (TPSA) is 260 Å². The number of carbonyl (C=O) groups excluding carboxylic acids is 1. The molecule has 0 amide bonds. The fourth-order valence-electron chi connectivity index (χ4n) is 17.4. The highest BCUT2D eigenvalue weighted by molar-refractivity contribution is 7.17. The van der Waals surface area contributed by atoms with Crippen LogP contribution in [-0.4, -0.2) is 76.1 Å². The number of rotatable bonds is 17. The van der Waals surface area contributed by atoms with Crippen LogP contribution in [0.2, 0.25) is 0 Å². The number of pyridine rings is 5. The van der Waals surface area contributed by atoms with Gasteiger partial charge in [-0.3, -0.25) is 39.3 Å². The van der Waals surface area contributed by atoms with Crippen LogP contribution in [0.5, 0.6) is 5.75 Å². The third-order valence-electron chi connectivity index (χ3n) is 25.0. The first-order valence-electron chi connectivity index (χ1n) is 46.1. The van der Waals surface area contributed by atoms with E-state index in [-0.39, 0.29) is 40.1 Å². The number of fused-ring (bicyclic) bond motifs is 5. The predicted molar refractivity (Wildman–Crippen MR) is 575 cm³/mol. The molecule has 1 fully saturated rings. The first-order valence-corrected chi connectivity index (χ1v) is 48.7. The first-order chi connectivity index (χ1) is 69.5. The zero-order chi connectivity index (χ0) is 99.1. The smallest absolute Gasteiger partial charge is 0.260 e. The van der Waals surface area contributed by atoms with Crippen molar-refractivity contribution in [2.24, 2.45) is 19.8 Å². The molecule has 10 heterocycles. The summed E-state index contributed by atoms with van der Waals surface area (Å²) >= 11 is 4.76. The highest BCUT2D eigenvalue weighted by Gasteiger charge is 2.26. The molecule has 18 nitrogen and oxygen atoms in total. The Morgan fingerprint density at radius 3 is 1.23 bits per heavy atom. The van der Waals surface area contributed by atoms with Crippen molar-refractivity contribution in [3.05, 3.63) is 429 Å². The predicted octanol–water partition coefficient (Wildman–Crippen LogP) is 28.0. The number of hydrogen-bond donors (Lipinski definition) is 3. The van der Waals surface area contributed by atoms with Gasteiger partial charge in [0, 0.05) is 142 Å². The third-order valence-corrected chi connectivity index (χ3v) is 27.4. The molecule has 0 unspecified atom stereocenters. The lowest BCUT2D eigenvalue weighted by Crippen LogP contribution is -2.16. The van der Waals surface area contributed by atoms with E-state index in [4.69, 9.17) is 21.1 Å². The molecule has 0 radical (unpaired) electrons. The summed E-state index contributed by atoms with van der Waals surface area (Å²) in [6.45, 7) is 8.92. The van der Waals surface area contributed by atoms with Gasteiger partial charge in [-0.1, -0.05) is 121 Å². The van der Waals surface area contributed by atoms with Crippen LogP contribution in [0.25, 0.3) is 192 Å². The molecule has 0 bridgehead atoms. The molecule has 1 aliphatic carbocycles. The summed E-state index contributed by atoms with van der Waals surface area (Å²) in [4.78, 5) is 81.7. The lowest BCUT2D eigenvalue weighted by atomic mass is 9.94. The van der Waals surface area contributed by atoms with Gasteiger partial charge in [0.2, 0.25) is 0 Å². The average molecular weight is 1930 g/mol. The Labute approximate surface area is 833 Å². The van der Waals surface area contributed by atoms with E-state index in [0.717, 1.165) is 176 Å². The molecule has 23 rings (SSSR count). The minimum absolute atomic E-state index is 0.0389. The van der Waals surface area contributed by atoms with Crippen molar-refractivity contribution in [2.45, 2.75) is 59.8 Å². The summed E-state index contributed by atoms with van der Waals surface area (Å²) in [5.74, 6) is 0.328. The fraction of sp³-hybridized carbons (Fsp3) is 0.0924. The highest BCUT2D eigenvalue weighted by Crippen LogP contribution is 2.45. The monoisotopic (exact) mass is 1930 g/mol. The number of nitrogens with two attached hydrogens (primary N) is 1. The summed E-state index contributed by atoms with van der Waals surface area (Å²) in [5, 5.41) is 18.7. The van der Waals surface area contributed by atoms with Gasteiger partial charge in [-0.15, -0.1) is 34.0 Å². The van der Waals surface area contributed by atoms with Gasteiger partial charge < -0.3 is 25.4 Å². The first kappa shape index (κ1) is 94.8. The van der Waals surface area contributed by atoms with Crippen LogP contribution in [0.3, 0.4) is 0 Å². The van der Waals surface area contributed by atoms with Crippen LogP contribution in [-0.2, 0) is 25.3 Å². The van der Waals surface area contributed by atoms with Crippen LogP contribution in [0.15, 0.2) is 361 Å². The summed E-state index contributed by atoms with van der Waals surface area (Å²) in [7, 11) is 3.43. The zero-order valence-electron chi connectivity index (χ0n) is 78.7. The zero-order valence-corrected chi connectivity index (χ0v) is 81.2. The van der Waals surface area contributed by atoms with E-state index in [0.29, 0.717) is 56.4 Å². The number of benzene rings is 12. The number of thiazole rings is 3. The van der Waals surface area contributed by atoms with Crippen molar-refractivity contribution in [1.29, 1.82) is 5.41 Å². The average Bonchev–Trinajstić information content (AvgIpc) is 1.67. The Morgan fingerprint density at radius 2 is 0.790 bits per heavy atom. The van der Waals surface area contributed by atoms with E-state index in [1.165, 1.54) is 63.7 Å². The molecule has 1 aliphatic rings. The van der Waals surface area contributed by atoms with Gasteiger partial charge in [-0.25, -0.2) is 38.1 Å². The number of phenolic OH excluding ortho intramolecular Hbond substituents is 1. The van der Waals surface area contributed by atoms with E-state index in [1.54, 1.807) is 143 Å². The molecule has 4 N–H and O–H groups in total. The number of aromatic nitrogens is 12. The SMILES string of the molecule is CC(=O)Cc1cccc(-c2cnc(-c3ccc(F)c(C)c3)c(-c3ccc4ncsc4c3)c2)c1.Cc1cc(-c2ncc(-c3cccc(O)c3)cc2-c2ccc3ncsc3c2)ccc1F.Cc1cc(-c2ncc(/C(C=N)=C/N)cc2-c2ccc3ncsc3c2)ccc1F.Cc1cccc(-c2ncccc2-c2ccc3ncn(C)c(=O)c3c2)c1.Cn1cnc2ccc(-c3cccnc3-c3cccc(C4CC4)c3)cc2c1=O. The van der Waals surface area contributed by atoms with Crippen molar-refractivity contribution in [3.63, 3.8) is 0 Å². The summed E-state index contributed by atoms with van der Waals surface area (Å²) < 4.78 is 47.8. The van der Waals surface area contributed by atoms with Crippen molar-refractivity contribution >= 4 is 104 Å². The second-order valence-corrected chi connectivity index (χ2v) is 37.8. The number of ketones is 1. The maximum atomic E-state index is 13.9. The molecule has 0 spiro atoms. The molecule has 22 aromatic rings. The van der Waals surface area contributed by atoms with Gasteiger partial charge in [0.15, 0.2) is 0 Å². The van der Waals surface area contributed by atoms with E-state index in [1.807, 2.05) is 175 Å². The number of halogens is 3. The normalized spacial score (nSPS) is 11.7. The lowest BCUT2D eigenvalue weighted by Gasteiger charge is -2.13. The molecule has 0 atom stereocenters. The van der Waals surface area contributed by atoms with Gasteiger partial charge in [-0.05, 0) is 290 Å². The molecule has 700 valence electrons. The number of carbonyl (C=O) groups is 1. The van der Waals surface area contributed by atoms with E-state index < -0.39 is 0 Å². The Hall–Kier alpha value is -17.2. The van der Waals surface area contributed by atoms with Gasteiger partial charge in [0.1, 0.15) is 29.0 Å². The maximum absolute atomic E-state index is 13.9. The lowest BCUT2D eigenvalue weighted by molar-refractivity contribution is -0.116. The van der Waals surface area contributed by atoms with E-state index in [9.17, 15) is 32.7 Å². The van der Waals surface area contributed by atoms with Crippen molar-refractivity contribution in [2.75, 3.05) is 0 Å². The summed E-state index contributed by atoms with van der Waals surface area (Å²) in [6.07, 6.45) is 17.6. The number of allylic oxidation sites excluding steroid dienone is 1. The van der Waals surface area contributed by atoms with Crippen molar-refractivity contribution < 1.29 is 23.1 Å². The number of aromatic hydroxyl groups is 1. The minimum Gasteiger partial charge on any atom is -0.508 e. The standard InChI is InChI=1S/C28H21FN2OS.C25H17FN2OS.C23H19N3O.C22H17FN4S.C21H17N3O/c1-17-10-22(6-8-25(17)29)28-24(21-7-9-26-27(14-21)33-16-31-26)13-23(15-30-28)20-5-3-4-19(12-20)11-18(2)32;1-15-9-18(5-7-22(15)26)25-21(17-6-8-23-24(12-17)30-14-28-23)11-19(13-27-25)16-3-2-4-20(29)10-16;1-26-14-25-21-10-9-17(13-20(21)23(26)27)19-6-3-11-24-22(19)18-5-2-4-16(12-18)15-7-8-15;1-13-6-15(2-4-19(13)23)22-18(7-16(11-26-22)17(9-24)10-25)14-3-5-20-21(8-14)28-12-27-20;1-14-5-3-6-16(11-14)20-17(7-4-10-22-20)15-8-9-19-18(12-15)21(25)24(2)13-23-19/h3-10,12-16H,11H2,1-2H3;2-14,29H,1H3;2-6,9-15H,7-8H2,1H3;2-12,24H,25H2,1H3;3-13H,1-2H3/b;;;17-10+,24-9?;. The summed E-state index contributed by atoms with van der Waals surface area (Å²) in [5.41, 5.74) is 44.4. The molecule has 0 saturated heterocycles. The fourth-order valence-corrected chi connectivity index (χ4v) is 19.5. The molecule has 1 saturated carbocycles. The van der Waals surface area contributed by atoms with Crippen LogP contribution < -0.4 is 16.9 Å². The summed E-state index contributed by atoms with van der Waals surface area (Å²) in [6, 6.07) is 91.3. The van der Waals surface area contributed by atoms with E-state index in [2.05, 4.69) is 132 Å². The molecular weight excluding hydrogens is 1840 g/mol. The Kier molecular flexibility index (Phi) is 27.7. The number of aryl methyl sites for hydroxylation is 6. The minimum atomic E-state index is -0.245. The number of nitrogens with zero attached hydrogens (tertiary/aromatic N) is 12. The quantitative estimate of drug-likeness (QED) is 0.0716.